The lowest BCUT2D eigenvalue weighted by Crippen LogP contribution is -2.28. The molecule has 25 heavy (non-hydrogen) atoms. The van der Waals surface area contributed by atoms with E-state index in [1.165, 1.54) is 17.7 Å². The van der Waals surface area contributed by atoms with Crippen LogP contribution in [-0.2, 0) is 6.54 Å². The molecule has 3 heterocycles. The first-order valence-electron chi connectivity index (χ1n) is 8.87. The molecule has 1 saturated heterocycles. The van der Waals surface area contributed by atoms with Gasteiger partial charge in [-0.1, -0.05) is 41.4 Å². The van der Waals surface area contributed by atoms with Crippen molar-refractivity contribution in [3.05, 3.63) is 58.9 Å². The molecule has 130 valence electrons. The van der Waals surface area contributed by atoms with Crippen LogP contribution in [0.15, 0.2) is 42.6 Å². The molecule has 0 aliphatic carbocycles. The summed E-state index contributed by atoms with van der Waals surface area (Å²) in [7, 11) is 0. The minimum atomic E-state index is 0.735. The summed E-state index contributed by atoms with van der Waals surface area (Å²) in [5, 5.41) is 4.21. The fraction of sp³-hybridized carbons (Fsp3) is 0.350. The highest BCUT2D eigenvalue weighted by Crippen LogP contribution is 2.27. The predicted octanol–water partition coefficient (Wildman–Crippen LogP) is 3.76. The Morgan fingerprint density at radius 2 is 1.92 bits per heavy atom. The van der Waals surface area contributed by atoms with Gasteiger partial charge in [0, 0.05) is 31.4 Å². The lowest BCUT2D eigenvalue weighted by Gasteiger charge is -2.20. The van der Waals surface area contributed by atoms with Gasteiger partial charge in [-0.2, -0.15) is 0 Å². The number of pyridine rings is 1. The van der Waals surface area contributed by atoms with Crippen molar-refractivity contribution in [3.8, 4) is 11.3 Å². The van der Waals surface area contributed by atoms with Crippen LogP contribution in [0.5, 0.6) is 0 Å². The Balaban J connectivity index is 1.79. The lowest BCUT2D eigenvalue weighted by atomic mass is 10.1. The molecule has 1 aliphatic heterocycles. The zero-order valence-corrected chi connectivity index (χ0v) is 15.3. The van der Waals surface area contributed by atoms with Crippen LogP contribution < -0.4 is 5.32 Å². The Kier molecular flexibility index (Phi) is 4.75. The van der Waals surface area contributed by atoms with Gasteiger partial charge in [-0.05, 0) is 38.6 Å². The highest BCUT2D eigenvalue weighted by molar-refractivity contribution is 6.30. The first-order valence-corrected chi connectivity index (χ1v) is 9.25. The molecule has 0 bridgehead atoms. The van der Waals surface area contributed by atoms with E-state index < -0.39 is 0 Å². The maximum Gasteiger partial charge on any atom is 0.137 e. The monoisotopic (exact) mass is 354 g/mol. The van der Waals surface area contributed by atoms with Gasteiger partial charge in [-0.25, -0.2) is 4.98 Å². The highest BCUT2D eigenvalue weighted by atomic mass is 35.5. The van der Waals surface area contributed by atoms with E-state index in [2.05, 4.69) is 45.8 Å². The van der Waals surface area contributed by atoms with Gasteiger partial charge >= 0.3 is 0 Å². The van der Waals surface area contributed by atoms with Gasteiger partial charge in [0.15, 0.2) is 0 Å². The van der Waals surface area contributed by atoms with Gasteiger partial charge in [0.05, 0.1) is 16.4 Å². The average molecular weight is 355 g/mol. The van der Waals surface area contributed by atoms with Crippen LogP contribution in [-0.4, -0.2) is 40.5 Å². The van der Waals surface area contributed by atoms with Gasteiger partial charge < -0.3 is 9.72 Å². The minimum Gasteiger partial charge on any atom is -0.315 e. The van der Waals surface area contributed by atoms with E-state index in [-0.39, 0.29) is 0 Å². The summed E-state index contributed by atoms with van der Waals surface area (Å²) < 4.78 is 2.15. The van der Waals surface area contributed by atoms with Gasteiger partial charge in [-0.3, -0.25) is 4.90 Å². The minimum absolute atomic E-state index is 0.735. The Bertz CT molecular complexity index is 861. The molecule has 5 heteroatoms. The first-order chi connectivity index (χ1) is 12.2. The van der Waals surface area contributed by atoms with Crippen molar-refractivity contribution in [1.29, 1.82) is 0 Å². The zero-order valence-electron chi connectivity index (χ0n) is 14.5. The summed E-state index contributed by atoms with van der Waals surface area (Å²) in [4.78, 5) is 7.41. The maximum absolute atomic E-state index is 6.26. The number of hydrogen-bond donors (Lipinski definition) is 1. The fourth-order valence-electron chi connectivity index (χ4n) is 3.43. The van der Waals surface area contributed by atoms with Crippen molar-refractivity contribution in [2.24, 2.45) is 0 Å². The first kappa shape index (κ1) is 16.6. The predicted molar refractivity (Wildman–Crippen MR) is 103 cm³/mol. The van der Waals surface area contributed by atoms with Gasteiger partial charge in [0.25, 0.3) is 0 Å². The summed E-state index contributed by atoms with van der Waals surface area (Å²) in [5.41, 5.74) is 5.63. The molecule has 0 amide bonds. The molecule has 1 aliphatic rings. The van der Waals surface area contributed by atoms with E-state index in [0.717, 1.165) is 54.7 Å². The number of fused-ring (bicyclic) bond motifs is 1. The van der Waals surface area contributed by atoms with Crippen LogP contribution in [0.3, 0.4) is 0 Å². The third-order valence-corrected chi connectivity index (χ3v) is 5.04. The number of halogens is 1. The molecule has 0 saturated carbocycles. The standard InChI is InChI=1S/C20H23ClN4/c1-15-3-5-16(6-4-15)20-18(14-24-11-2-9-22-10-12-24)25-13-17(21)7-8-19(25)23-20/h3-8,13,22H,2,9-12,14H2,1H3. The number of hydrogen-bond acceptors (Lipinski definition) is 3. The molecule has 0 spiro atoms. The van der Waals surface area contributed by atoms with Crippen LogP contribution >= 0.6 is 11.6 Å². The number of aromatic nitrogens is 2. The molecule has 1 fully saturated rings. The van der Waals surface area contributed by atoms with Gasteiger partial charge in [-0.15, -0.1) is 0 Å². The molecule has 3 aromatic rings. The number of imidazole rings is 1. The zero-order chi connectivity index (χ0) is 17.2. The third-order valence-electron chi connectivity index (χ3n) is 4.81. The molecular formula is C20H23ClN4. The van der Waals surface area contributed by atoms with E-state index in [1.807, 2.05) is 18.3 Å². The largest absolute Gasteiger partial charge is 0.315 e. The molecule has 2 aromatic heterocycles. The molecule has 0 radical (unpaired) electrons. The normalized spacial score (nSPS) is 16.2. The van der Waals surface area contributed by atoms with Crippen molar-refractivity contribution in [2.75, 3.05) is 26.2 Å². The fourth-order valence-corrected chi connectivity index (χ4v) is 3.59. The molecule has 0 unspecified atom stereocenters. The Morgan fingerprint density at radius 1 is 1.08 bits per heavy atom. The van der Waals surface area contributed by atoms with Crippen LogP contribution in [0.25, 0.3) is 16.9 Å². The third kappa shape index (κ3) is 3.56. The Hall–Kier alpha value is -1.88. The number of rotatable bonds is 3. The average Bonchev–Trinajstić information content (AvgIpc) is 2.79. The van der Waals surface area contributed by atoms with E-state index in [0.29, 0.717) is 0 Å². The number of nitrogens with one attached hydrogen (secondary N) is 1. The number of benzene rings is 1. The second-order valence-electron chi connectivity index (χ2n) is 6.73. The Morgan fingerprint density at radius 3 is 2.76 bits per heavy atom. The Labute approximate surface area is 153 Å². The highest BCUT2D eigenvalue weighted by Gasteiger charge is 2.18. The summed E-state index contributed by atoms with van der Waals surface area (Å²) in [5.74, 6) is 0. The number of aryl methyl sites for hydroxylation is 1. The molecular weight excluding hydrogens is 332 g/mol. The van der Waals surface area contributed by atoms with E-state index in [4.69, 9.17) is 16.6 Å². The van der Waals surface area contributed by atoms with E-state index >= 15 is 0 Å². The van der Waals surface area contributed by atoms with Crippen LogP contribution in [0.4, 0.5) is 0 Å². The van der Waals surface area contributed by atoms with Gasteiger partial charge in [0.2, 0.25) is 0 Å². The SMILES string of the molecule is Cc1ccc(-c2nc3ccc(Cl)cn3c2CN2CCCNCC2)cc1. The maximum atomic E-state index is 6.26. The van der Waals surface area contributed by atoms with Crippen molar-refractivity contribution in [3.63, 3.8) is 0 Å². The molecule has 4 nitrogen and oxygen atoms in total. The summed E-state index contributed by atoms with van der Waals surface area (Å²) in [6.07, 6.45) is 3.16. The number of nitrogens with zero attached hydrogens (tertiary/aromatic N) is 3. The van der Waals surface area contributed by atoms with Crippen LogP contribution in [0, 0.1) is 6.92 Å². The summed E-state index contributed by atoms with van der Waals surface area (Å²) in [6.45, 7) is 7.29. The van der Waals surface area contributed by atoms with Crippen LogP contribution in [0.1, 0.15) is 17.7 Å². The van der Waals surface area contributed by atoms with Crippen LogP contribution in [0.2, 0.25) is 5.02 Å². The second-order valence-corrected chi connectivity index (χ2v) is 7.16. The quantitative estimate of drug-likeness (QED) is 0.777. The van der Waals surface area contributed by atoms with Gasteiger partial charge in [0.1, 0.15) is 5.65 Å². The van der Waals surface area contributed by atoms with E-state index in [9.17, 15) is 0 Å². The molecule has 1 N–H and O–H groups in total. The molecule has 0 atom stereocenters. The summed E-state index contributed by atoms with van der Waals surface area (Å²) >= 11 is 6.26. The molecule has 1 aromatic carbocycles. The summed E-state index contributed by atoms with van der Waals surface area (Å²) in [6, 6.07) is 12.5. The molecule has 4 rings (SSSR count). The topological polar surface area (TPSA) is 32.6 Å². The lowest BCUT2D eigenvalue weighted by molar-refractivity contribution is 0.281. The smallest absolute Gasteiger partial charge is 0.137 e. The van der Waals surface area contributed by atoms with Crippen molar-refractivity contribution in [2.45, 2.75) is 19.9 Å². The van der Waals surface area contributed by atoms with Crippen molar-refractivity contribution in [1.82, 2.24) is 19.6 Å². The van der Waals surface area contributed by atoms with Crippen molar-refractivity contribution < 1.29 is 0 Å². The second kappa shape index (κ2) is 7.16. The van der Waals surface area contributed by atoms with Crippen molar-refractivity contribution >= 4 is 17.2 Å². The van der Waals surface area contributed by atoms with E-state index in [1.54, 1.807) is 0 Å².